The van der Waals surface area contributed by atoms with Crippen molar-refractivity contribution in [2.45, 2.75) is 32.9 Å². The average Bonchev–Trinajstić information content (AvgIpc) is 2.41. The molecule has 0 saturated carbocycles. The third kappa shape index (κ3) is 4.39. The van der Waals surface area contributed by atoms with Crippen LogP contribution in [0.4, 0.5) is 5.69 Å². The van der Waals surface area contributed by atoms with Gasteiger partial charge in [-0.05, 0) is 42.3 Å². The van der Waals surface area contributed by atoms with Gasteiger partial charge in [0.25, 0.3) is 0 Å². The van der Waals surface area contributed by atoms with Crippen LogP contribution in [0.15, 0.2) is 48.5 Å². The fourth-order valence-electron chi connectivity index (χ4n) is 2.47. The molecule has 2 rings (SSSR count). The molecule has 0 amide bonds. The van der Waals surface area contributed by atoms with Gasteiger partial charge in [-0.25, -0.2) is 0 Å². The number of nitrogen functional groups attached to an aromatic ring is 1. The second kappa shape index (κ2) is 7.11. The van der Waals surface area contributed by atoms with Crippen LogP contribution in [0.3, 0.4) is 0 Å². The summed E-state index contributed by atoms with van der Waals surface area (Å²) in [4.78, 5) is 2.31. The minimum atomic E-state index is 0.833. The summed E-state index contributed by atoms with van der Waals surface area (Å²) < 4.78 is 0. The fourth-order valence-corrected chi connectivity index (χ4v) is 2.47. The van der Waals surface area contributed by atoms with E-state index in [0.29, 0.717) is 0 Å². The Bertz CT molecular complexity index is 531. The third-order valence-electron chi connectivity index (χ3n) is 3.42. The Morgan fingerprint density at radius 2 is 1.55 bits per heavy atom. The van der Waals surface area contributed by atoms with Gasteiger partial charge in [0, 0.05) is 18.8 Å². The molecule has 0 radical (unpaired) electrons. The lowest BCUT2D eigenvalue weighted by molar-refractivity contribution is 0.319. The van der Waals surface area contributed by atoms with Gasteiger partial charge in [0.05, 0.1) is 0 Å². The second-order valence-corrected chi connectivity index (χ2v) is 5.48. The molecule has 2 nitrogen and oxygen atoms in total. The van der Waals surface area contributed by atoms with E-state index in [1.165, 1.54) is 29.5 Å². The standard InChI is InChI=1S/C18H24N2/c1-3-5-15-8-10-16(11-9-15)13-20(2)14-17-6-4-7-18(19)12-17/h4,6-12H,3,5,13-14,19H2,1-2H3. The van der Waals surface area contributed by atoms with Crippen molar-refractivity contribution >= 4 is 5.69 Å². The highest BCUT2D eigenvalue weighted by Crippen LogP contribution is 2.12. The van der Waals surface area contributed by atoms with Gasteiger partial charge in [-0.3, -0.25) is 4.90 Å². The zero-order valence-corrected chi connectivity index (χ0v) is 12.5. The second-order valence-electron chi connectivity index (χ2n) is 5.48. The lowest BCUT2D eigenvalue weighted by Gasteiger charge is -2.17. The van der Waals surface area contributed by atoms with Gasteiger partial charge in [0.15, 0.2) is 0 Å². The normalized spacial score (nSPS) is 10.9. The SMILES string of the molecule is CCCc1ccc(CN(C)Cc2cccc(N)c2)cc1. The van der Waals surface area contributed by atoms with Crippen molar-refractivity contribution in [3.05, 3.63) is 65.2 Å². The van der Waals surface area contributed by atoms with Gasteiger partial charge in [0.1, 0.15) is 0 Å². The highest BCUT2D eigenvalue weighted by molar-refractivity contribution is 5.40. The van der Waals surface area contributed by atoms with Crippen molar-refractivity contribution in [1.82, 2.24) is 4.90 Å². The maximum Gasteiger partial charge on any atom is 0.0317 e. The van der Waals surface area contributed by atoms with E-state index in [1.807, 2.05) is 18.2 Å². The third-order valence-corrected chi connectivity index (χ3v) is 3.42. The first-order chi connectivity index (χ1) is 9.67. The first kappa shape index (κ1) is 14.6. The van der Waals surface area contributed by atoms with Gasteiger partial charge in [-0.1, -0.05) is 49.7 Å². The molecule has 0 heterocycles. The molecule has 2 aromatic rings. The lowest BCUT2D eigenvalue weighted by atomic mass is 10.1. The highest BCUT2D eigenvalue weighted by Gasteiger charge is 2.02. The van der Waals surface area contributed by atoms with Gasteiger partial charge in [0.2, 0.25) is 0 Å². The molecule has 0 atom stereocenters. The van der Waals surface area contributed by atoms with Gasteiger partial charge in [-0.2, -0.15) is 0 Å². The van der Waals surface area contributed by atoms with Crippen LogP contribution in [0.2, 0.25) is 0 Å². The van der Waals surface area contributed by atoms with E-state index in [-0.39, 0.29) is 0 Å². The zero-order chi connectivity index (χ0) is 14.4. The van der Waals surface area contributed by atoms with Crippen molar-refractivity contribution in [2.24, 2.45) is 0 Å². The largest absolute Gasteiger partial charge is 0.399 e. The molecule has 0 fully saturated rings. The Morgan fingerprint density at radius 3 is 2.20 bits per heavy atom. The van der Waals surface area contributed by atoms with Crippen molar-refractivity contribution in [2.75, 3.05) is 12.8 Å². The van der Waals surface area contributed by atoms with Crippen LogP contribution in [0.1, 0.15) is 30.0 Å². The molecule has 0 aromatic heterocycles. The Morgan fingerprint density at radius 1 is 0.900 bits per heavy atom. The predicted molar refractivity (Wildman–Crippen MR) is 86.5 cm³/mol. The number of hydrogen-bond acceptors (Lipinski definition) is 2. The summed E-state index contributed by atoms with van der Waals surface area (Å²) in [6.45, 7) is 4.09. The maximum absolute atomic E-state index is 5.81. The minimum Gasteiger partial charge on any atom is -0.399 e. The molecule has 2 N–H and O–H groups in total. The fraction of sp³-hybridized carbons (Fsp3) is 0.333. The topological polar surface area (TPSA) is 29.3 Å². The van der Waals surface area contributed by atoms with E-state index in [9.17, 15) is 0 Å². The molecule has 2 heteroatoms. The van der Waals surface area contributed by atoms with Crippen LogP contribution >= 0.6 is 0 Å². The first-order valence-corrected chi connectivity index (χ1v) is 7.28. The smallest absolute Gasteiger partial charge is 0.0317 e. The van der Waals surface area contributed by atoms with E-state index in [1.54, 1.807) is 0 Å². The molecule has 2 aromatic carbocycles. The van der Waals surface area contributed by atoms with Crippen molar-refractivity contribution < 1.29 is 0 Å². The van der Waals surface area contributed by atoms with Crippen LogP contribution < -0.4 is 5.73 Å². The summed E-state index contributed by atoms with van der Waals surface area (Å²) in [6.07, 6.45) is 2.37. The Kier molecular flexibility index (Phi) is 5.19. The number of rotatable bonds is 6. The number of nitrogens with zero attached hydrogens (tertiary/aromatic N) is 1. The summed E-state index contributed by atoms with van der Waals surface area (Å²) >= 11 is 0. The number of benzene rings is 2. The van der Waals surface area contributed by atoms with Gasteiger partial charge in [-0.15, -0.1) is 0 Å². The summed E-state index contributed by atoms with van der Waals surface area (Å²) in [7, 11) is 2.14. The molecule has 0 aliphatic heterocycles. The summed E-state index contributed by atoms with van der Waals surface area (Å²) in [5.41, 5.74) is 10.7. The van der Waals surface area contributed by atoms with E-state index in [2.05, 4.69) is 49.2 Å². The van der Waals surface area contributed by atoms with Crippen molar-refractivity contribution in [3.63, 3.8) is 0 Å². The highest BCUT2D eigenvalue weighted by atomic mass is 15.1. The van der Waals surface area contributed by atoms with E-state index in [0.717, 1.165) is 18.8 Å². The van der Waals surface area contributed by atoms with Gasteiger partial charge < -0.3 is 5.73 Å². The number of aryl methyl sites for hydroxylation is 1. The molecular weight excluding hydrogens is 244 g/mol. The molecule has 0 saturated heterocycles. The molecule has 0 aliphatic carbocycles. The lowest BCUT2D eigenvalue weighted by Crippen LogP contribution is -2.17. The van der Waals surface area contributed by atoms with Crippen molar-refractivity contribution in [3.8, 4) is 0 Å². The molecule has 0 bridgehead atoms. The number of nitrogens with two attached hydrogens (primary N) is 1. The summed E-state index contributed by atoms with van der Waals surface area (Å²) in [6, 6.07) is 17.1. The molecule has 20 heavy (non-hydrogen) atoms. The van der Waals surface area contributed by atoms with Crippen molar-refractivity contribution in [1.29, 1.82) is 0 Å². The van der Waals surface area contributed by atoms with E-state index >= 15 is 0 Å². The summed E-state index contributed by atoms with van der Waals surface area (Å²) in [5, 5.41) is 0. The molecule has 0 unspecified atom stereocenters. The number of anilines is 1. The first-order valence-electron chi connectivity index (χ1n) is 7.28. The van der Waals surface area contributed by atoms with Crippen LogP contribution in [-0.2, 0) is 19.5 Å². The zero-order valence-electron chi connectivity index (χ0n) is 12.5. The van der Waals surface area contributed by atoms with Crippen LogP contribution in [0.25, 0.3) is 0 Å². The van der Waals surface area contributed by atoms with Crippen LogP contribution in [-0.4, -0.2) is 11.9 Å². The van der Waals surface area contributed by atoms with Gasteiger partial charge >= 0.3 is 0 Å². The molecule has 0 aliphatic rings. The monoisotopic (exact) mass is 268 g/mol. The minimum absolute atomic E-state index is 0.833. The van der Waals surface area contributed by atoms with Crippen LogP contribution in [0, 0.1) is 0 Å². The molecule has 0 spiro atoms. The molecule has 106 valence electrons. The Balaban J connectivity index is 1.92. The van der Waals surface area contributed by atoms with E-state index in [4.69, 9.17) is 5.73 Å². The predicted octanol–water partition coefficient (Wildman–Crippen LogP) is 3.85. The average molecular weight is 268 g/mol. The quantitative estimate of drug-likeness (QED) is 0.806. The summed E-state index contributed by atoms with van der Waals surface area (Å²) in [5.74, 6) is 0. The van der Waals surface area contributed by atoms with E-state index < -0.39 is 0 Å². The maximum atomic E-state index is 5.81. The Labute approximate surface area is 122 Å². The van der Waals surface area contributed by atoms with Crippen LogP contribution in [0.5, 0.6) is 0 Å². The number of hydrogen-bond donors (Lipinski definition) is 1. The Hall–Kier alpha value is -1.80. The molecular formula is C18H24N2.